The molecule has 0 aromatic heterocycles. The molecule has 0 spiro atoms. The van der Waals surface area contributed by atoms with E-state index in [1.165, 1.54) is 0 Å². The van der Waals surface area contributed by atoms with Gasteiger partial charge in [-0.2, -0.15) is 0 Å². The maximum atomic E-state index is 12.4. The van der Waals surface area contributed by atoms with Gasteiger partial charge in [-0.25, -0.2) is 9.59 Å². The molecule has 1 aromatic rings. The number of unbranched alkanes of at least 4 members (excludes halogenated alkanes) is 1. The van der Waals surface area contributed by atoms with Crippen molar-refractivity contribution in [2.45, 2.75) is 60.3 Å². The third kappa shape index (κ3) is 5.33. The third-order valence-electron chi connectivity index (χ3n) is 3.69. The van der Waals surface area contributed by atoms with Crippen LogP contribution in [-0.4, -0.2) is 23.7 Å². The van der Waals surface area contributed by atoms with E-state index >= 15 is 0 Å². The number of halogens is 1. The quantitative estimate of drug-likeness (QED) is 0.502. The van der Waals surface area contributed by atoms with Crippen LogP contribution in [0.15, 0.2) is 10.5 Å². The van der Waals surface area contributed by atoms with Gasteiger partial charge in [0.15, 0.2) is 0 Å². The van der Waals surface area contributed by atoms with Crippen molar-refractivity contribution < 1.29 is 19.4 Å². The highest BCUT2D eigenvalue weighted by Gasteiger charge is 2.28. The monoisotopic (exact) mass is 398 g/mol. The van der Waals surface area contributed by atoms with Crippen LogP contribution in [0.5, 0.6) is 0 Å². The molecule has 0 unspecified atom stereocenters. The maximum absolute atomic E-state index is 12.4. The number of carboxylic acids is 1. The van der Waals surface area contributed by atoms with Gasteiger partial charge in [-0.3, -0.25) is 0 Å². The first-order chi connectivity index (χ1) is 11.1. The summed E-state index contributed by atoms with van der Waals surface area (Å²) in [5.74, 6) is -1.65. The number of benzene rings is 1. The Balaban J connectivity index is 3.48. The van der Waals surface area contributed by atoms with Gasteiger partial charge in [0.25, 0.3) is 0 Å². The molecule has 0 bridgehead atoms. The number of esters is 1. The van der Waals surface area contributed by atoms with Crippen molar-refractivity contribution >= 4 is 27.9 Å². The van der Waals surface area contributed by atoms with Crippen LogP contribution in [0.2, 0.25) is 0 Å². The fraction of sp³-hybridized carbons (Fsp3) is 0.579. The number of carbonyl (C=O) groups is 2. The summed E-state index contributed by atoms with van der Waals surface area (Å²) in [6.45, 7) is 10.4. The van der Waals surface area contributed by atoms with Crippen LogP contribution in [-0.2, 0) is 17.6 Å². The molecule has 1 rings (SSSR count). The summed E-state index contributed by atoms with van der Waals surface area (Å²) in [6, 6.07) is 1.65. The second-order valence-electron chi connectivity index (χ2n) is 7.14. The van der Waals surface area contributed by atoms with E-state index in [0.29, 0.717) is 25.0 Å². The highest BCUT2D eigenvalue weighted by Crippen LogP contribution is 2.34. The van der Waals surface area contributed by atoms with Crippen molar-refractivity contribution in [2.75, 3.05) is 6.61 Å². The Kier molecular flexibility index (Phi) is 7.46. The van der Waals surface area contributed by atoms with E-state index < -0.39 is 11.9 Å². The van der Waals surface area contributed by atoms with Crippen LogP contribution >= 0.6 is 15.9 Å². The largest absolute Gasteiger partial charge is 0.478 e. The van der Waals surface area contributed by atoms with Crippen LogP contribution in [0.25, 0.3) is 0 Å². The Morgan fingerprint density at radius 1 is 1.25 bits per heavy atom. The van der Waals surface area contributed by atoms with Crippen LogP contribution < -0.4 is 0 Å². The minimum atomic E-state index is -1.10. The zero-order valence-electron chi connectivity index (χ0n) is 15.2. The number of carboxylic acid groups (broad SMARTS) is 1. The average Bonchev–Trinajstić information content (AvgIpc) is 2.47. The Labute approximate surface area is 152 Å². The molecule has 0 aliphatic rings. The molecule has 0 aliphatic heterocycles. The smallest absolute Gasteiger partial charge is 0.339 e. The minimum absolute atomic E-state index is 0.0514. The van der Waals surface area contributed by atoms with Crippen molar-refractivity contribution in [3.8, 4) is 0 Å². The van der Waals surface area contributed by atoms with Crippen LogP contribution in [0.3, 0.4) is 0 Å². The van der Waals surface area contributed by atoms with Crippen molar-refractivity contribution in [1.82, 2.24) is 0 Å². The van der Waals surface area contributed by atoms with Gasteiger partial charge in [0.1, 0.15) is 0 Å². The zero-order chi connectivity index (χ0) is 18.5. The molecule has 0 aliphatic carbocycles. The highest BCUT2D eigenvalue weighted by atomic mass is 79.9. The lowest BCUT2D eigenvalue weighted by Crippen LogP contribution is -2.20. The van der Waals surface area contributed by atoms with E-state index in [9.17, 15) is 14.7 Å². The third-order valence-corrected chi connectivity index (χ3v) is 4.68. The standard InChI is InChI=1S/C19H27BrO4/c1-6-8-9-24-18(23)13-10-12(7-2)16(20)14(11-19(3,4)5)15(13)17(21)22/h10H,6-9,11H2,1-5H3,(H,21,22). The fourth-order valence-electron chi connectivity index (χ4n) is 2.52. The zero-order valence-corrected chi connectivity index (χ0v) is 16.7. The molecule has 0 amide bonds. The summed E-state index contributed by atoms with van der Waals surface area (Å²) in [5, 5.41) is 9.72. The van der Waals surface area contributed by atoms with Gasteiger partial charge in [-0.15, -0.1) is 0 Å². The number of rotatable bonds is 7. The van der Waals surface area contributed by atoms with Crippen molar-refractivity contribution in [2.24, 2.45) is 5.41 Å². The molecule has 0 heterocycles. The normalized spacial score (nSPS) is 11.4. The molecule has 5 heteroatoms. The lowest BCUT2D eigenvalue weighted by atomic mass is 9.84. The number of carbonyl (C=O) groups excluding carboxylic acids is 1. The second kappa shape index (κ2) is 8.65. The summed E-state index contributed by atoms with van der Waals surface area (Å²) < 4.78 is 6.05. The summed E-state index contributed by atoms with van der Waals surface area (Å²) in [7, 11) is 0. The maximum Gasteiger partial charge on any atom is 0.339 e. The predicted octanol–water partition coefficient (Wildman–Crippen LogP) is 5.26. The lowest BCUT2D eigenvalue weighted by molar-refractivity contribution is 0.0488. The number of hydrogen-bond donors (Lipinski definition) is 1. The first-order valence-corrected chi connectivity index (χ1v) is 9.16. The Morgan fingerprint density at radius 3 is 2.33 bits per heavy atom. The Morgan fingerprint density at radius 2 is 1.88 bits per heavy atom. The molecule has 0 radical (unpaired) electrons. The summed E-state index contributed by atoms with van der Waals surface area (Å²) in [4.78, 5) is 24.3. The molecule has 134 valence electrons. The first kappa shape index (κ1) is 20.7. The van der Waals surface area contributed by atoms with Gasteiger partial charge in [-0.05, 0) is 41.9 Å². The average molecular weight is 399 g/mol. The van der Waals surface area contributed by atoms with E-state index in [1.807, 2.05) is 34.6 Å². The van der Waals surface area contributed by atoms with E-state index in [1.54, 1.807) is 6.07 Å². The van der Waals surface area contributed by atoms with E-state index in [0.717, 1.165) is 22.9 Å². The molecule has 0 atom stereocenters. The van der Waals surface area contributed by atoms with Crippen LogP contribution in [0.4, 0.5) is 0 Å². The summed E-state index contributed by atoms with van der Waals surface area (Å²) in [5.41, 5.74) is 1.68. The van der Waals surface area contributed by atoms with Gasteiger partial charge in [0, 0.05) is 4.47 Å². The number of hydrogen-bond acceptors (Lipinski definition) is 3. The second-order valence-corrected chi connectivity index (χ2v) is 7.93. The van der Waals surface area contributed by atoms with Gasteiger partial charge >= 0.3 is 11.9 Å². The molecular weight excluding hydrogens is 372 g/mol. The van der Waals surface area contributed by atoms with E-state index in [-0.39, 0.29) is 16.5 Å². The van der Waals surface area contributed by atoms with Gasteiger partial charge in [0.05, 0.1) is 17.7 Å². The molecule has 0 fully saturated rings. The van der Waals surface area contributed by atoms with Crippen molar-refractivity contribution in [3.63, 3.8) is 0 Å². The van der Waals surface area contributed by atoms with E-state index in [2.05, 4.69) is 15.9 Å². The first-order valence-electron chi connectivity index (χ1n) is 8.37. The molecule has 1 aromatic carbocycles. The fourth-order valence-corrected chi connectivity index (χ4v) is 3.25. The SMILES string of the molecule is CCCCOC(=O)c1cc(CC)c(Br)c(CC(C)(C)C)c1C(=O)O. The van der Waals surface area contributed by atoms with Crippen LogP contribution in [0.1, 0.15) is 79.3 Å². The molecule has 0 saturated carbocycles. The van der Waals surface area contributed by atoms with E-state index in [4.69, 9.17) is 4.74 Å². The summed E-state index contributed by atoms with van der Waals surface area (Å²) >= 11 is 3.54. The highest BCUT2D eigenvalue weighted by molar-refractivity contribution is 9.10. The summed E-state index contributed by atoms with van der Waals surface area (Å²) in [6.07, 6.45) is 2.93. The minimum Gasteiger partial charge on any atom is -0.478 e. The molecule has 4 nitrogen and oxygen atoms in total. The number of aryl methyl sites for hydroxylation is 1. The predicted molar refractivity (Wildman–Crippen MR) is 98.8 cm³/mol. The number of ether oxygens (including phenoxy) is 1. The Hall–Kier alpha value is -1.36. The van der Waals surface area contributed by atoms with Gasteiger partial charge < -0.3 is 9.84 Å². The number of aromatic carboxylic acids is 1. The Bertz CT molecular complexity index is 615. The topological polar surface area (TPSA) is 63.6 Å². The van der Waals surface area contributed by atoms with Crippen molar-refractivity contribution in [3.05, 3.63) is 32.8 Å². The molecule has 1 N–H and O–H groups in total. The lowest BCUT2D eigenvalue weighted by Gasteiger charge is -2.23. The molecule has 24 heavy (non-hydrogen) atoms. The van der Waals surface area contributed by atoms with Crippen molar-refractivity contribution in [1.29, 1.82) is 0 Å². The molecule has 0 saturated heterocycles. The van der Waals surface area contributed by atoms with Crippen LogP contribution in [0, 0.1) is 5.41 Å². The van der Waals surface area contributed by atoms with Gasteiger partial charge in [-0.1, -0.05) is 57.0 Å². The molecular formula is C19H27BrO4. The van der Waals surface area contributed by atoms with Gasteiger partial charge in [0.2, 0.25) is 0 Å².